The molecule has 0 atom stereocenters. The van der Waals surface area contributed by atoms with Gasteiger partial charge < -0.3 is 15.2 Å². The van der Waals surface area contributed by atoms with E-state index >= 15 is 0 Å². The van der Waals surface area contributed by atoms with Crippen LogP contribution in [-0.2, 0) is 28.4 Å². The summed E-state index contributed by atoms with van der Waals surface area (Å²) in [5, 5.41) is 8.13. The number of hydrogen-bond donors (Lipinski definition) is 1. The summed E-state index contributed by atoms with van der Waals surface area (Å²) in [7, 11) is -2.24. The summed E-state index contributed by atoms with van der Waals surface area (Å²) in [6.07, 6.45) is 6.12. The minimum atomic E-state index is -3.80. The molecule has 1 aliphatic rings. The maximum Gasteiger partial charge on any atom is 0.265 e. The third-order valence-corrected chi connectivity index (χ3v) is 7.42. The zero-order valence-electron chi connectivity index (χ0n) is 18.6. The van der Waals surface area contributed by atoms with E-state index in [9.17, 15) is 18.0 Å². The fraction of sp³-hybridized carbons (Fsp3) is 0.273. The van der Waals surface area contributed by atoms with E-state index in [0.29, 0.717) is 12.2 Å². The molecule has 0 radical (unpaired) electrons. The molecule has 3 aromatic rings. The number of primary amides is 1. The molecule has 3 heterocycles. The Morgan fingerprint density at radius 2 is 1.79 bits per heavy atom. The third-order valence-electron chi connectivity index (χ3n) is 5.56. The van der Waals surface area contributed by atoms with E-state index in [1.54, 1.807) is 28.9 Å². The van der Waals surface area contributed by atoms with E-state index in [-0.39, 0.29) is 42.7 Å². The number of piperazine rings is 1. The van der Waals surface area contributed by atoms with Gasteiger partial charge in [0.05, 0.1) is 12.7 Å². The fourth-order valence-electron chi connectivity index (χ4n) is 3.72. The highest BCUT2D eigenvalue weighted by molar-refractivity contribution is 7.89. The quantitative estimate of drug-likeness (QED) is 0.480. The van der Waals surface area contributed by atoms with Crippen molar-refractivity contribution in [2.45, 2.75) is 11.4 Å². The topological polar surface area (TPSA) is 136 Å². The Balaban J connectivity index is 1.33. The molecular formula is C22H25N7O4S. The molecule has 1 aromatic carbocycles. The van der Waals surface area contributed by atoms with Crippen molar-refractivity contribution in [3.8, 4) is 0 Å². The van der Waals surface area contributed by atoms with E-state index in [1.165, 1.54) is 27.2 Å². The van der Waals surface area contributed by atoms with Crippen molar-refractivity contribution in [3.63, 3.8) is 0 Å². The first-order valence-corrected chi connectivity index (χ1v) is 12.1. The molecule has 0 aliphatic carbocycles. The van der Waals surface area contributed by atoms with Gasteiger partial charge >= 0.3 is 0 Å². The Kier molecular flexibility index (Phi) is 6.61. The molecule has 0 bridgehead atoms. The predicted octanol–water partition coefficient (Wildman–Crippen LogP) is 0.310. The van der Waals surface area contributed by atoms with Gasteiger partial charge in [0.15, 0.2) is 0 Å². The number of aryl methyl sites for hydroxylation is 1. The van der Waals surface area contributed by atoms with E-state index < -0.39 is 15.9 Å². The summed E-state index contributed by atoms with van der Waals surface area (Å²) in [5.41, 5.74) is 7.03. The summed E-state index contributed by atoms with van der Waals surface area (Å²) in [4.78, 5) is 25.6. The number of nitrogens with zero attached hydrogens (tertiary/aromatic N) is 6. The van der Waals surface area contributed by atoms with Crippen molar-refractivity contribution in [3.05, 3.63) is 71.8 Å². The second-order valence-corrected chi connectivity index (χ2v) is 9.86. The summed E-state index contributed by atoms with van der Waals surface area (Å²) < 4.78 is 30.2. The largest absolute Gasteiger partial charge is 0.364 e. The lowest BCUT2D eigenvalue weighted by atomic mass is 10.2. The van der Waals surface area contributed by atoms with Crippen LogP contribution in [0.5, 0.6) is 0 Å². The molecule has 12 heteroatoms. The summed E-state index contributed by atoms with van der Waals surface area (Å²) in [6.45, 7) is 1.37. The van der Waals surface area contributed by atoms with Gasteiger partial charge in [-0.3, -0.25) is 9.59 Å². The normalized spacial score (nSPS) is 15.1. The van der Waals surface area contributed by atoms with E-state index in [2.05, 4.69) is 10.3 Å². The van der Waals surface area contributed by atoms with Gasteiger partial charge in [0.25, 0.3) is 5.91 Å². The number of rotatable bonds is 7. The van der Waals surface area contributed by atoms with Crippen LogP contribution in [0, 0.1) is 0 Å². The van der Waals surface area contributed by atoms with Crippen molar-refractivity contribution in [2.75, 3.05) is 26.2 Å². The molecule has 0 spiro atoms. The van der Waals surface area contributed by atoms with Crippen LogP contribution in [0.2, 0.25) is 0 Å². The van der Waals surface area contributed by atoms with Crippen LogP contribution < -0.4 is 5.73 Å². The summed E-state index contributed by atoms with van der Waals surface area (Å²) >= 11 is 0. The molecule has 4 rings (SSSR count). The van der Waals surface area contributed by atoms with Crippen molar-refractivity contribution < 1.29 is 18.0 Å². The molecule has 1 aliphatic heterocycles. The zero-order valence-corrected chi connectivity index (χ0v) is 19.4. The van der Waals surface area contributed by atoms with E-state index in [4.69, 9.17) is 5.73 Å². The van der Waals surface area contributed by atoms with Crippen molar-refractivity contribution >= 4 is 27.9 Å². The van der Waals surface area contributed by atoms with Gasteiger partial charge in [0, 0.05) is 45.5 Å². The standard InChI is InChI=1S/C22H25N7O4S/c1-26-16-19(13-20(26)22(23)31)34(32,33)29-11-9-27(10-12-29)21(30)8-7-18-15-28(25-24-18)14-17-5-3-2-4-6-17/h2-8,13,15-16H,9-12,14H2,1H3,(H2,23,31). The highest BCUT2D eigenvalue weighted by Gasteiger charge is 2.31. The van der Waals surface area contributed by atoms with Crippen LogP contribution in [-0.4, -0.2) is 75.2 Å². The molecular weight excluding hydrogens is 458 g/mol. The van der Waals surface area contributed by atoms with Crippen LogP contribution in [0.15, 0.2) is 59.8 Å². The summed E-state index contributed by atoms with van der Waals surface area (Å²) in [5.74, 6) is -0.934. The van der Waals surface area contributed by atoms with E-state index in [0.717, 1.165) is 5.56 Å². The first kappa shape index (κ1) is 23.4. The molecule has 0 unspecified atom stereocenters. The fourth-order valence-corrected chi connectivity index (χ4v) is 5.21. The van der Waals surface area contributed by atoms with Gasteiger partial charge in [-0.05, 0) is 17.7 Å². The van der Waals surface area contributed by atoms with Gasteiger partial charge in [-0.2, -0.15) is 4.31 Å². The Labute approximate surface area is 197 Å². The lowest BCUT2D eigenvalue weighted by Gasteiger charge is -2.33. The monoisotopic (exact) mass is 483 g/mol. The Hall–Kier alpha value is -3.77. The highest BCUT2D eigenvalue weighted by Crippen LogP contribution is 2.20. The number of amides is 2. The maximum absolute atomic E-state index is 12.9. The van der Waals surface area contributed by atoms with E-state index in [1.807, 2.05) is 30.3 Å². The lowest BCUT2D eigenvalue weighted by Crippen LogP contribution is -2.50. The number of benzene rings is 1. The number of nitrogens with two attached hydrogens (primary N) is 1. The average molecular weight is 484 g/mol. The molecule has 2 amide bonds. The lowest BCUT2D eigenvalue weighted by molar-refractivity contribution is -0.127. The zero-order chi connectivity index (χ0) is 24.3. The predicted molar refractivity (Wildman–Crippen MR) is 124 cm³/mol. The third kappa shape index (κ3) is 5.07. The van der Waals surface area contributed by atoms with Crippen molar-refractivity contribution in [2.24, 2.45) is 12.8 Å². The molecule has 178 valence electrons. The molecule has 34 heavy (non-hydrogen) atoms. The SMILES string of the molecule is Cn1cc(S(=O)(=O)N2CCN(C(=O)C=Cc3cn(Cc4ccccc4)nn3)CC2)cc1C(N)=O. The Morgan fingerprint density at radius 1 is 1.09 bits per heavy atom. The van der Waals surface area contributed by atoms with Crippen molar-refractivity contribution in [1.82, 2.24) is 28.8 Å². The van der Waals surface area contributed by atoms with Crippen LogP contribution in [0.1, 0.15) is 21.7 Å². The van der Waals surface area contributed by atoms with Gasteiger partial charge in [0.1, 0.15) is 16.3 Å². The van der Waals surface area contributed by atoms with Gasteiger partial charge in [-0.1, -0.05) is 35.5 Å². The number of carbonyl (C=O) groups is 2. The average Bonchev–Trinajstić information content (AvgIpc) is 3.45. The van der Waals surface area contributed by atoms with Crippen LogP contribution in [0.3, 0.4) is 0 Å². The molecule has 11 nitrogen and oxygen atoms in total. The maximum atomic E-state index is 12.9. The minimum Gasteiger partial charge on any atom is -0.364 e. The van der Waals surface area contributed by atoms with Gasteiger partial charge in [0.2, 0.25) is 15.9 Å². The molecule has 1 saturated heterocycles. The second-order valence-electron chi connectivity index (χ2n) is 7.93. The van der Waals surface area contributed by atoms with Crippen LogP contribution in [0.4, 0.5) is 0 Å². The first-order chi connectivity index (χ1) is 16.2. The smallest absolute Gasteiger partial charge is 0.265 e. The molecule has 2 N–H and O–H groups in total. The second kappa shape index (κ2) is 9.61. The molecule has 0 saturated carbocycles. The molecule has 1 fully saturated rings. The Bertz CT molecular complexity index is 1320. The number of aromatic nitrogens is 4. The minimum absolute atomic E-state index is 0.00191. The first-order valence-electron chi connectivity index (χ1n) is 10.6. The Morgan fingerprint density at radius 3 is 2.44 bits per heavy atom. The van der Waals surface area contributed by atoms with Crippen LogP contribution in [0.25, 0.3) is 6.08 Å². The summed E-state index contributed by atoms with van der Waals surface area (Å²) in [6, 6.07) is 11.1. The van der Waals surface area contributed by atoms with Gasteiger partial charge in [-0.25, -0.2) is 13.1 Å². The number of hydrogen-bond acceptors (Lipinski definition) is 6. The molecule has 2 aromatic heterocycles. The highest BCUT2D eigenvalue weighted by atomic mass is 32.2. The number of sulfonamides is 1. The van der Waals surface area contributed by atoms with Gasteiger partial charge in [-0.15, -0.1) is 5.10 Å². The van der Waals surface area contributed by atoms with Crippen molar-refractivity contribution in [1.29, 1.82) is 0 Å². The van der Waals surface area contributed by atoms with Crippen LogP contribution >= 0.6 is 0 Å². The number of carbonyl (C=O) groups excluding carboxylic acids is 2.